The molecule has 0 radical (unpaired) electrons. The zero-order valence-electron chi connectivity index (χ0n) is 11.1. The van der Waals surface area contributed by atoms with Gasteiger partial charge >= 0.3 is 0 Å². The molecule has 94 valence electrons. The molecule has 1 unspecified atom stereocenters. The summed E-state index contributed by atoms with van der Waals surface area (Å²) in [5.41, 5.74) is 3.58. The van der Waals surface area contributed by atoms with Gasteiger partial charge in [0, 0.05) is 0 Å². The van der Waals surface area contributed by atoms with Gasteiger partial charge in [-0.2, -0.15) is 0 Å². The van der Waals surface area contributed by atoms with E-state index in [9.17, 15) is 5.11 Å². The van der Waals surface area contributed by atoms with Crippen LogP contribution in [0.15, 0.2) is 30.9 Å². The van der Waals surface area contributed by atoms with Crippen LogP contribution in [0.25, 0.3) is 0 Å². The number of aryl methyl sites for hydroxylation is 1. The molecular weight excluding hydrogens is 208 g/mol. The number of allylic oxidation sites excluding steroid dienone is 1. The van der Waals surface area contributed by atoms with E-state index in [4.69, 9.17) is 0 Å². The van der Waals surface area contributed by atoms with Crippen LogP contribution in [0.5, 0.6) is 0 Å². The van der Waals surface area contributed by atoms with Gasteiger partial charge in [-0.05, 0) is 49.8 Å². The van der Waals surface area contributed by atoms with Crippen LogP contribution in [-0.2, 0) is 0 Å². The van der Waals surface area contributed by atoms with E-state index in [1.807, 2.05) is 18.2 Å². The molecule has 0 fully saturated rings. The maximum Gasteiger partial charge on any atom is 0.0792 e. The zero-order chi connectivity index (χ0) is 12.7. The SMILES string of the molecule is C=CCCCCCC(O)c1cccc(C)c1C. The predicted octanol–water partition coefficient (Wildman–Crippen LogP) is 4.47. The van der Waals surface area contributed by atoms with Crippen LogP contribution in [0.3, 0.4) is 0 Å². The molecule has 0 spiro atoms. The Balaban J connectivity index is 2.44. The molecule has 0 amide bonds. The Morgan fingerprint density at radius 3 is 2.71 bits per heavy atom. The number of rotatable bonds is 7. The average molecular weight is 232 g/mol. The highest BCUT2D eigenvalue weighted by atomic mass is 16.3. The summed E-state index contributed by atoms with van der Waals surface area (Å²) in [5, 5.41) is 10.2. The first kappa shape index (κ1) is 14.0. The van der Waals surface area contributed by atoms with E-state index in [0.29, 0.717) is 0 Å². The monoisotopic (exact) mass is 232 g/mol. The number of hydrogen-bond donors (Lipinski definition) is 1. The number of aliphatic hydroxyl groups is 1. The molecule has 1 atom stereocenters. The lowest BCUT2D eigenvalue weighted by Crippen LogP contribution is -2.01. The van der Waals surface area contributed by atoms with E-state index in [0.717, 1.165) is 24.8 Å². The minimum atomic E-state index is -0.307. The summed E-state index contributed by atoms with van der Waals surface area (Å²) in [7, 11) is 0. The highest BCUT2D eigenvalue weighted by molar-refractivity contribution is 5.34. The second kappa shape index (κ2) is 7.29. The predicted molar refractivity (Wildman–Crippen MR) is 74.2 cm³/mol. The molecule has 0 aliphatic rings. The summed E-state index contributed by atoms with van der Waals surface area (Å²) in [4.78, 5) is 0. The fourth-order valence-corrected chi connectivity index (χ4v) is 2.09. The first-order valence-electron chi connectivity index (χ1n) is 6.52. The number of benzene rings is 1. The average Bonchev–Trinajstić information content (AvgIpc) is 2.32. The summed E-state index contributed by atoms with van der Waals surface area (Å²) < 4.78 is 0. The second-order valence-electron chi connectivity index (χ2n) is 4.73. The molecule has 1 aromatic rings. The summed E-state index contributed by atoms with van der Waals surface area (Å²) in [6.45, 7) is 7.89. The quantitative estimate of drug-likeness (QED) is 0.543. The molecule has 0 saturated carbocycles. The molecule has 0 bridgehead atoms. The van der Waals surface area contributed by atoms with Crippen molar-refractivity contribution in [2.24, 2.45) is 0 Å². The summed E-state index contributed by atoms with van der Waals surface area (Å²) >= 11 is 0. The van der Waals surface area contributed by atoms with Gasteiger partial charge in [0.05, 0.1) is 6.10 Å². The fraction of sp³-hybridized carbons (Fsp3) is 0.500. The van der Waals surface area contributed by atoms with E-state index in [1.54, 1.807) is 0 Å². The molecule has 0 aliphatic heterocycles. The molecule has 1 nitrogen and oxygen atoms in total. The normalized spacial score (nSPS) is 12.4. The number of unbranched alkanes of at least 4 members (excludes halogenated alkanes) is 3. The molecule has 0 saturated heterocycles. The Morgan fingerprint density at radius 1 is 1.24 bits per heavy atom. The van der Waals surface area contributed by atoms with Crippen LogP contribution in [0, 0.1) is 13.8 Å². The van der Waals surface area contributed by atoms with Crippen molar-refractivity contribution in [2.45, 2.75) is 52.1 Å². The molecule has 0 aliphatic carbocycles. The lowest BCUT2D eigenvalue weighted by atomic mass is 9.96. The molecule has 0 heterocycles. The maximum atomic E-state index is 10.2. The van der Waals surface area contributed by atoms with Crippen LogP contribution >= 0.6 is 0 Å². The summed E-state index contributed by atoms with van der Waals surface area (Å²) in [6, 6.07) is 6.16. The third-order valence-electron chi connectivity index (χ3n) is 3.39. The van der Waals surface area contributed by atoms with Crippen molar-refractivity contribution < 1.29 is 5.11 Å². The zero-order valence-corrected chi connectivity index (χ0v) is 11.1. The number of aliphatic hydroxyl groups excluding tert-OH is 1. The molecule has 1 rings (SSSR count). The van der Waals surface area contributed by atoms with Crippen molar-refractivity contribution in [2.75, 3.05) is 0 Å². The van der Waals surface area contributed by atoms with Crippen LogP contribution in [-0.4, -0.2) is 5.11 Å². The largest absolute Gasteiger partial charge is 0.388 e. The number of hydrogen-bond acceptors (Lipinski definition) is 1. The van der Waals surface area contributed by atoms with Crippen LogP contribution in [0.2, 0.25) is 0 Å². The fourth-order valence-electron chi connectivity index (χ4n) is 2.09. The van der Waals surface area contributed by atoms with Gasteiger partial charge in [-0.15, -0.1) is 6.58 Å². The highest BCUT2D eigenvalue weighted by Gasteiger charge is 2.10. The minimum Gasteiger partial charge on any atom is -0.388 e. The smallest absolute Gasteiger partial charge is 0.0792 e. The van der Waals surface area contributed by atoms with Crippen molar-refractivity contribution in [3.05, 3.63) is 47.5 Å². The molecule has 1 aromatic carbocycles. The standard InChI is InChI=1S/C16H24O/c1-4-5-6-7-8-12-16(17)15-11-9-10-13(2)14(15)3/h4,9-11,16-17H,1,5-8,12H2,2-3H3. The van der Waals surface area contributed by atoms with Gasteiger partial charge in [-0.3, -0.25) is 0 Å². The van der Waals surface area contributed by atoms with Gasteiger partial charge in [0.1, 0.15) is 0 Å². The summed E-state index contributed by atoms with van der Waals surface area (Å²) in [5.74, 6) is 0. The third-order valence-corrected chi connectivity index (χ3v) is 3.39. The maximum absolute atomic E-state index is 10.2. The van der Waals surface area contributed by atoms with E-state index in [-0.39, 0.29) is 6.10 Å². The third kappa shape index (κ3) is 4.35. The lowest BCUT2D eigenvalue weighted by Gasteiger charge is -2.15. The van der Waals surface area contributed by atoms with Gasteiger partial charge in [0.25, 0.3) is 0 Å². The first-order chi connectivity index (χ1) is 8.16. The Labute approximate surface area is 105 Å². The molecule has 0 aromatic heterocycles. The Morgan fingerprint density at radius 2 is 2.00 bits per heavy atom. The first-order valence-corrected chi connectivity index (χ1v) is 6.52. The van der Waals surface area contributed by atoms with E-state index >= 15 is 0 Å². The van der Waals surface area contributed by atoms with Crippen LogP contribution in [0.1, 0.15) is 54.9 Å². The molecule has 1 N–H and O–H groups in total. The Bertz CT molecular complexity index is 355. The summed E-state index contributed by atoms with van der Waals surface area (Å²) in [6.07, 6.45) is 7.04. The van der Waals surface area contributed by atoms with Gasteiger partial charge in [0.2, 0.25) is 0 Å². The molecule has 1 heteroatoms. The molecule has 17 heavy (non-hydrogen) atoms. The Hall–Kier alpha value is -1.08. The highest BCUT2D eigenvalue weighted by Crippen LogP contribution is 2.24. The van der Waals surface area contributed by atoms with Crippen molar-refractivity contribution in [3.8, 4) is 0 Å². The van der Waals surface area contributed by atoms with Crippen LogP contribution in [0.4, 0.5) is 0 Å². The van der Waals surface area contributed by atoms with Crippen molar-refractivity contribution in [1.29, 1.82) is 0 Å². The van der Waals surface area contributed by atoms with Gasteiger partial charge in [-0.25, -0.2) is 0 Å². The van der Waals surface area contributed by atoms with Crippen molar-refractivity contribution in [1.82, 2.24) is 0 Å². The van der Waals surface area contributed by atoms with E-state index in [1.165, 1.54) is 24.0 Å². The molecular formula is C16H24O. The van der Waals surface area contributed by atoms with Gasteiger partial charge in [-0.1, -0.05) is 37.1 Å². The van der Waals surface area contributed by atoms with Gasteiger partial charge in [0.15, 0.2) is 0 Å². The Kier molecular flexibility index (Phi) is 5.99. The van der Waals surface area contributed by atoms with E-state index < -0.39 is 0 Å². The van der Waals surface area contributed by atoms with Crippen LogP contribution < -0.4 is 0 Å². The lowest BCUT2D eigenvalue weighted by molar-refractivity contribution is 0.162. The topological polar surface area (TPSA) is 20.2 Å². The van der Waals surface area contributed by atoms with E-state index in [2.05, 4.69) is 26.5 Å². The second-order valence-corrected chi connectivity index (χ2v) is 4.73. The minimum absolute atomic E-state index is 0.307. The van der Waals surface area contributed by atoms with Crippen molar-refractivity contribution >= 4 is 0 Å². The van der Waals surface area contributed by atoms with Gasteiger partial charge < -0.3 is 5.11 Å². The van der Waals surface area contributed by atoms with Crippen molar-refractivity contribution in [3.63, 3.8) is 0 Å².